The molecule has 0 aliphatic carbocycles. The van der Waals surface area contributed by atoms with E-state index >= 15 is 0 Å². The van der Waals surface area contributed by atoms with Crippen molar-refractivity contribution < 1.29 is 9.90 Å². The molecule has 7 nitrogen and oxygen atoms in total. The number of hydrogen-bond donors (Lipinski definition) is 3. The summed E-state index contributed by atoms with van der Waals surface area (Å²) in [5.74, 6) is 1.47. The maximum Gasteiger partial charge on any atom is 0.404 e. The monoisotopic (exact) mass is 253 g/mol. The Morgan fingerprint density at radius 2 is 2.50 bits per heavy atom. The van der Waals surface area contributed by atoms with Gasteiger partial charge in [0.2, 0.25) is 0 Å². The van der Waals surface area contributed by atoms with Gasteiger partial charge in [0.1, 0.15) is 5.82 Å². The molecular weight excluding hydrogens is 234 g/mol. The summed E-state index contributed by atoms with van der Waals surface area (Å²) in [4.78, 5) is 12.6. The van der Waals surface area contributed by atoms with Crippen molar-refractivity contribution in [1.82, 2.24) is 15.1 Å². The van der Waals surface area contributed by atoms with Gasteiger partial charge in [0.15, 0.2) is 0 Å². The number of nitrogens with zero attached hydrogens (tertiary/aromatic N) is 3. The Hall–Kier alpha value is -1.92. The summed E-state index contributed by atoms with van der Waals surface area (Å²) in [5, 5.41) is 15.0. The van der Waals surface area contributed by atoms with Crippen molar-refractivity contribution in [2.24, 2.45) is 13.0 Å². The number of amides is 1. The van der Waals surface area contributed by atoms with E-state index in [-0.39, 0.29) is 0 Å². The molecule has 0 aromatic carbocycles. The van der Waals surface area contributed by atoms with Crippen LogP contribution in [0, 0.1) is 5.92 Å². The van der Waals surface area contributed by atoms with Crippen LogP contribution in [0.4, 0.5) is 16.3 Å². The molecular formula is C11H19N5O2. The molecule has 1 aromatic heterocycles. The van der Waals surface area contributed by atoms with E-state index in [1.54, 1.807) is 10.9 Å². The van der Waals surface area contributed by atoms with Gasteiger partial charge in [0, 0.05) is 26.7 Å². The first kappa shape index (κ1) is 12.5. The van der Waals surface area contributed by atoms with Gasteiger partial charge < -0.3 is 21.1 Å². The van der Waals surface area contributed by atoms with Gasteiger partial charge in [-0.1, -0.05) is 0 Å². The summed E-state index contributed by atoms with van der Waals surface area (Å²) in [5.41, 5.74) is 6.59. The van der Waals surface area contributed by atoms with Gasteiger partial charge in [-0.05, 0) is 18.8 Å². The first-order valence-corrected chi connectivity index (χ1v) is 6.07. The van der Waals surface area contributed by atoms with E-state index in [0.29, 0.717) is 18.2 Å². The molecule has 18 heavy (non-hydrogen) atoms. The minimum absolute atomic E-state index is 0.506. The van der Waals surface area contributed by atoms with Gasteiger partial charge in [0.25, 0.3) is 0 Å². The van der Waals surface area contributed by atoms with Crippen LogP contribution in [0.5, 0.6) is 0 Å². The van der Waals surface area contributed by atoms with Gasteiger partial charge in [0.05, 0.1) is 11.9 Å². The van der Waals surface area contributed by atoms with Crippen molar-refractivity contribution in [2.45, 2.75) is 12.8 Å². The Kier molecular flexibility index (Phi) is 3.59. The number of anilines is 2. The van der Waals surface area contributed by atoms with E-state index in [1.165, 1.54) is 0 Å². The predicted molar refractivity (Wildman–Crippen MR) is 68.6 cm³/mol. The second kappa shape index (κ2) is 5.16. The quantitative estimate of drug-likeness (QED) is 0.725. The highest BCUT2D eigenvalue weighted by Gasteiger charge is 2.25. The number of hydrogen-bond acceptors (Lipinski definition) is 4. The number of nitrogens with one attached hydrogen (secondary N) is 1. The zero-order chi connectivity index (χ0) is 13.1. The summed E-state index contributed by atoms with van der Waals surface area (Å²) >= 11 is 0. The number of rotatable bonds is 4. The Bertz CT molecular complexity index is 412. The number of nitrogen functional groups attached to an aromatic ring is 1. The maximum absolute atomic E-state index is 10.4. The lowest BCUT2D eigenvalue weighted by atomic mass is 10.1. The first-order chi connectivity index (χ1) is 8.58. The fourth-order valence-electron chi connectivity index (χ4n) is 2.48. The van der Waals surface area contributed by atoms with Crippen molar-refractivity contribution in [3.63, 3.8) is 0 Å². The van der Waals surface area contributed by atoms with E-state index < -0.39 is 6.09 Å². The fraction of sp³-hybridized carbons (Fsp3) is 0.636. The average molecular weight is 253 g/mol. The third kappa shape index (κ3) is 2.66. The molecule has 1 amide bonds. The fourth-order valence-corrected chi connectivity index (χ4v) is 2.48. The van der Waals surface area contributed by atoms with Gasteiger partial charge >= 0.3 is 6.09 Å². The Labute approximate surface area is 106 Å². The molecule has 1 atom stereocenters. The van der Waals surface area contributed by atoms with Crippen LogP contribution < -0.4 is 16.0 Å². The zero-order valence-electron chi connectivity index (χ0n) is 10.5. The molecule has 2 heterocycles. The van der Waals surface area contributed by atoms with Crippen molar-refractivity contribution in [2.75, 3.05) is 30.3 Å². The maximum atomic E-state index is 10.4. The normalized spacial score (nSPS) is 19.2. The van der Waals surface area contributed by atoms with Crippen LogP contribution in [-0.4, -0.2) is 40.6 Å². The molecule has 2 rings (SSSR count). The van der Waals surface area contributed by atoms with Crippen LogP contribution in [0.15, 0.2) is 6.20 Å². The lowest BCUT2D eigenvalue weighted by Gasteiger charge is -2.19. The standard InChI is InChI=1S/C11H19N5O2/c1-15-10(9(12)6-14-15)16-5-3-8(7-16)2-4-13-11(17)18/h6,8,13H,2-5,7,12H2,1H3,(H,17,18). The van der Waals surface area contributed by atoms with Crippen molar-refractivity contribution in [3.8, 4) is 0 Å². The highest BCUT2D eigenvalue weighted by atomic mass is 16.4. The highest BCUT2D eigenvalue weighted by Crippen LogP contribution is 2.29. The topological polar surface area (TPSA) is 96.4 Å². The second-order valence-electron chi connectivity index (χ2n) is 4.67. The molecule has 1 fully saturated rings. The molecule has 1 saturated heterocycles. The molecule has 1 unspecified atom stereocenters. The average Bonchev–Trinajstić information content (AvgIpc) is 2.86. The summed E-state index contributed by atoms with van der Waals surface area (Å²) in [7, 11) is 1.88. The molecule has 0 bridgehead atoms. The number of aromatic nitrogens is 2. The van der Waals surface area contributed by atoms with E-state index in [2.05, 4.69) is 15.3 Å². The molecule has 0 saturated carbocycles. The van der Waals surface area contributed by atoms with Crippen molar-refractivity contribution >= 4 is 17.6 Å². The lowest BCUT2D eigenvalue weighted by Crippen LogP contribution is -2.26. The number of carbonyl (C=O) groups is 1. The zero-order valence-corrected chi connectivity index (χ0v) is 10.5. The summed E-state index contributed by atoms with van der Waals surface area (Å²) < 4.78 is 1.78. The molecule has 0 radical (unpaired) electrons. The van der Waals surface area contributed by atoms with Crippen molar-refractivity contribution in [1.29, 1.82) is 0 Å². The number of aryl methyl sites for hydroxylation is 1. The summed E-state index contributed by atoms with van der Waals surface area (Å²) in [6.07, 6.45) is 2.63. The van der Waals surface area contributed by atoms with Gasteiger partial charge in [-0.2, -0.15) is 5.10 Å². The molecule has 0 spiro atoms. The molecule has 4 N–H and O–H groups in total. The van der Waals surface area contributed by atoms with E-state index in [1.807, 2.05) is 7.05 Å². The van der Waals surface area contributed by atoms with Crippen molar-refractivity contribution in [3.05, 3.63) is 6.20 Å². The second-order valence-corrected chi connectivity index (χ2v) is 4.67. The Morgan fingerprint density at radius 3 is 3.11 bits per heavy atom. The Balaban J connectivity index is 1.87. The van der Waals surface area contributed by atoms with E-state index in [0.717, 1.165) is 31.7 Å². The highest BCUT2D eigenvalue weighted by molar-refractivity contribution is 5.64. The molecule has 1 aromatic rings. The van der Waals surface area contributed by atoms with Gasteiger partial charge in [-0.3, -0.25) is 4.68 Å². The van der Waals surface area contributed by atoms with Crippen LogP contribution in [0.1, 0.15) is 12.8 Å². The lowest BCUT2D eigenvalue weighted by molar-refractivity contribution is 0.194. The minimum atomic E-state index is -0.958. The number of carboxylic acid groups (broad SMARTS) is 1. The van der Waals surface area contributed by atoms with E-state index in [4.69, 9.17) is 10.8 Å². The largest absolute Gasteiger partial charge is 0.465 e. The molecule has 1 aliphatic heterocycles. The molecule has 1 aliphatic rings. The molecule has 100 valence electrons. The van der Waals surface area contributed by atoms with E-state index in [9.17, 15) is 4.79 Å². The van der Waals surface area contributed by atoms with Crippen LogP contribution in [-0.2, 0) is 7.05 Å². The summed E-state index contributed by atoms with van der Waals surface area (Å²) in [6.45, 7) is 2.36. The summed E-state index contributed by atoms with van der Waals surface area (Å²) in [6, 6.07) is 0. The van der Waals surface area contributed by atoms with Crippen LogP contribution in [0.2, 0.25) is 0 Å². The van der Waals surface area contributed by atoms with Gasteiger partial charge in [-0.15, -0.1) is 0 Å². The predicted octanol–water partition coefficient (Wildman–Crippen LogP) is 0.486. The van der Waals surface area contributed by atoms with Gasteiger partial charge in [-0.25, -0.2) is 4.79 Å². The smallest absolute Gasteiger partial charge is 0.404 e. The Morgan fingerprint density at radius 1 is 1.72 bits per heavy atom. The minimum Gasteiger partial charge on any atom is -0.465 e. The van der Waals surface area contributed by atoms with Crippen LogP contribution in [0.3, 0.4) is 0 Å². The van der Waals surface area contributed by atoms with Crippen LogP contribution in [0.25, 0.3) is 0 Å². The third-order valence-corrected chi connectivity index (χ3v) is 3.35. The van der Waals surface area contributed by atoms with Crippen LogP contribution >= 0.6 is 0 Å². The molecule has 7 heteroatoms. The first-order valence-electron chi connectivity index (χ1n) is 6.07. The number of nitrogens with two attached hydrogens (primary N) is 1. The third-order valence-electron chi connectivity index (χ3n) is 3.35. The SMILES string of the molecule is Cn1ncc(N)c1N1CCC(CCNC(=O)O)C1.